The van der Waals surface area contributed by atoms with Crippen molar-refractivity contribution in [1.82, 2.24) is 4.98 Å². The molecule has 0 N–H and O–H groups in total. The third-order valence-electron chi connectivity index (χ3n) is 4.14. The fourth-order valence-electron chi connectivity index (χ4n) is 2.86. The van der Waals surface area contributed by atoms with E-state index in [-0.39, 0.29) is 12.0 Å². The normalized spacial score (nSPS) is 17.2. The number of carbonyl (C=O) groups is 1. The number of fused-ring (bicyclic) bond motifs is 1. The first-order valence-corrected chi connectivity index (χ1v) is 8.93. The summed E-state index contributed by atoms with van der Waals surface area (Å²) in [5, 5.41) is 0.662. The smallest absolute Gasteiger partial charge is 0.228 e. The van der Waals surface area contributed by atoms with Gasteiger partial charge in [-0.1, -0.05) is 18.3 Å². The number of anilines is 1. The minimum Gasteiger partial charge on any atom is -0.495 e. The number of amides is 1. The number of carbonyl (C=O) groups excluding carboxylic acids is 1. The van der Waals surface area contributed by atoms with Gasteiger partial charge in [-0.25, -0.2) is 4.98 Å². The first-order chi connectivity index (χ1) is 11.7. The lowest BCUT2D eigenvalue weighted by Gasteiger charge is -2.22. The molecule has 1 aliphatic rings. The van der Waals surface area contributed by atoms with E-state index in [4.69, 9.17) is 14.2 Å². The lowest BCUT2D eigenvalue weighted by atomic mass is 10.2. The van der Waals surface area contributed by atoms with E-state index in [2.05, 4.69) is 4.98 Å². The first kappa shape index (κ1) is 17.0. The van der Waals surface area contributed by atoms with E-state index in [0.29, 0.717) is 23.8 Å². The number of hydrogen-bond acceptors (Lipinski definition) is 6. The van der Waals surface area contributed by atoms with Gasteiger partial charge in [0.25, 0.3) is 0 Å². The number of hydrogen-bond donors (Lipinski definition) is 0. The summed E-state index contributed by atoms with van der Waals surface area (Å²) < 4.78 is 17.4. The van der Waals surface area contributed by atoms with Gasteiger partial charge >= 0.3 is 0 Å². The molecule has 6 nitrogen and oxygen atoms in total. The maximum absolute atomic E-state index is 12.5. The van der Waals surface area contributed by atoms with Crippen LogP contribution >= 0.6 is 11.3 Å². The molecule has 2 aromatic rings. The summed E-state index contributed by atoms with van der Waals surface area (Å²) in [6, 6.07) is 3.69. The molecule has 130 valence electrons. The van der Waals surface area contributed by atoms with E-state index in [0.717, 1.165) is 35.4 Å². The Labute approximate surface area is 145 Å². The molecule has 0 saturated carbocycles. The van der Waals surface area contributed by atoms with Crippen LogP contribution in [0.5, 0.6) is 11.5 Å². The number of rotatable bonds is 6. The van der Waals surface area contributed by atoms with Crippen molar-refractivity contribution in [1.29, 1.82) is 0 Å². The minimum absolute atomic E-state index is 0.0440. The molecule has 24 heavy (non-hydrogen) atoms. The Morgan fingerprint density at radius 3 is 2.75 bits per heavy atom. The van der Waals surface area contributed by atoms with Crippen molar-refractivity contribution < 1.29 is 19.0 Å². The molecule has 1 aromatic carbocycles. The summed E-state index contributed by atoms with van der Waals surface area (Å²) in [5.74, 6) is 1.45. The van der Waals surface area contributed by atoms with E-state index in [1.165, 1.54) is 11.3 Å². The average Bonchev–Trinajstić information content (AvgIpc) is 3.27. The summed E-state index contributed by atoms with van der Waals surface area (Å²) in [4.78, 5) is 18.9. The zero-order valence-corrected chi connectivity index (χ0v) is 15.0. The number of aromatic nitrogens is 1. The summed E-state index contributed by atoms with van der Waals surface area (Å²) in [7, 11) is 3.24. The molecular weight excluding hydrogens is 328 g/mol. The highest BCUT2D eigenvalue weighted by atomic mass is 32.1. The van der Waals surface area contributed by atoms with Crippen LogP contribution in [0.4, 0.5) is 5.13 Å². The Morgan fingerprint density at radius 2 is 2.12 bits per heavy atom. The van der Waals surface area contributed by atoms with E-state index in [1.807, 2.05) is 19.1 Å². The van der Waals surface area contributed by atoms with E-state index >= 15 is 0 Å². The second-order valence-corrected chi connectivity index (χ2v) is 6.61. The van der Waals surface area contributed by atoms with Crippen LogP contribution in [0.25, 0.3) is 10.2 Å². The summed E-state index contributed by atoms with van der Waals surface area (Å²) in [5.41, 5.74) is 0.720. The van der Waals surface area contributed by atoms with Crippen LogP contribution in [0.2, 0.25) is 0 Å². The first-order valence-electron chi connectivity index (χ1n) is 8.11. The SMILES string of the molecule is CCC(=O)N(CC1CCCO1)c1nc2c(OC)ccc(OC)c2s1. The fraction of sp³-hybridized carbons (Fsp3) is 0.529. The number of nitrogens with zero attached hydrogens (tertiary/aromatic N) is 2. The summed E-state index contributed by atoms with van der Waals surface area (Å²) in [6.45, 7) is 3.16. The Morgan fingerprint density at radius 1 is 1.38 bits per heavy atom. The molecule has 3 rings (SSSR count). The van der Waals surface area contributed by atoms with Gasteiger partial charge < -0.3 is 14.2 Å². The van der Waals surface area contributed by atoms with Gasteiger partial charge in [0.2, 0.25) is 5.91 Å². The van der Waals surface area contributed by atoms with Crippen molar-refractivity contribution in [2.24, 2.45) is 0 Å². The number of methoxy groups -OCH3 is 2. The highest BCUT2D eigenvalue weighted by Crippen LogP contribution is 2.40. The van der Waals surface area contributed by atoms with Gasteiger partial charge in [0.1, 0.15) is 21.7 Å². The van der Waals surface area contributed by atoms with Gasteiger partial charge in [-0.2, -0.15) is 0 Å². The molecule has 0 bridgehead atoms. The van der Waals surface area contributed by atoms with Crippen LogP contribution in [0.3, 0.4) is 0 Å². The maximum atomic E-state index is 12.5. The molecule has 2 heterocycles. The van der Waals surface area contributed by atoms with Crippen molar-refractivity contribution >= 4 is 32.6 Å². The molecule has 1 atom stereocenters. The predicted octanol–water partition coefficient (Wildman–Crippen LogP) is 3.24. The van der Waals surface area contributed by atoms with E-state index < -0.39 is 0 Å². The third-order valence-corrected chi connectivity index (χ3v) is 5.24. The predicted molar refractivity (Wildman–Crippen MR) is 94.3 cm³/mol. The second kappa shape index (κ2) is 7.36. The third kappa shape index (κ3) is 3.18. The van der Waals surface area contributed by atoms with Crippen molar-refractivity contribution in [3.63, 3.8) is 0 Å². The molecule has 1 aliphatic heterocycles. The molecule has 0 aliphatic carbocycles. The van der Waals surface area contributed by atoms with Gasteiger partial charge in [-0.3, -0.25) is 9.69 Å². The van der Waals surface area contributed by atoms with Crippen molar-refractivity contribution in [3.05, 3.63) is 12.1 Å². The zero-order valence-electron chi connectivity index (χ0n) is 14.2. The molecule has 1 aromatic heterocycles. The quantitative estimate of drug-likeness (QED) is 0.800. The Hall–Kier alpha value is -1.86. The number of ether oxygens (including phenoxy) is 3. The molecule has 1 saturated heterocycles. The maximum Gasteiger partial charge on any atom is 0.228 e. The topological polar surface area (TPSA) is 60.9 Å². The lowest BCUT2D eigenvalue weighted by molar-refractivity contribution is -0.118. The molecule has 1 unspecified atom stereocenters. The van der Waals surface area contributed by atoms with Gasteiger partial charge in [-0.15, -0.1) is 0 Å². The summed E-state index contributed by atoms with van der Waals surface area (Å²) in [6.07, 6.45) is 2.53. The second-order valence-electron chi connectivity index (χ2n) is 5.64. The fourth-order valence-corrected chi connectivity index (χ4v) is 3.96. The van der Waals surface area contributed by atoms with Crippen molar-refractivity contribution in [2.45, 2.75) is 32.3 Å². The average molecular weight is 350 g/mol. The largest absolute Gasteiger partial charge is 0.495 e. The minimum atomic E-state index is 0.0440. The molecule has 0 radical (unpaired) electrons. The van der Waals surface area contributed by atoms with E-state index in [1.54, 1.807) is 19.1 Å². The van der Waals surface area contributed by atoms with Crippen LogP contribution < -0.4 is 14.4 Å². The van der Waals surface area contributed by atoms with Crippen molar-refractivity contribution in [2.75, 3.05) is 32.3 Å². The van der Waals surface area contributed by atoms with Crippen LogP contribution in [0, 0.1) is 0 Å². The number of benzene rings is 1. The molecule has 0 spiro atoms. The Balaban J connectivity index is 2.01. The van der Waals surface area contributed by atoms with Crippen LogP contribution in [0.15, 0.2) is 12.1 Å². The van der Waals surface area contributed by atoms with Crippen molar-refractivity contribution in [3.8, 4) is 11.5 Å². The monoisotopic (exact) mass is 350 g/mol. The highest BCUT2D eigenvalue weighted by Gasteiger charge is 2.26. The van der Waals surface area contributed by atoms with E-state index in [9.17, 15) is 4.79 Å². The molecular formula is C17H22N2O4S. The highest BCUT2D eigenvalue weighted by molar-refractivity contribution is 7.22. The number of thiazole rings is 1. The standard InChI is InChI=1S/C17H22N2O4S/c1-4-14(20)19(10-11-6-5-9-23-11)17-18-15-12(21-2)7-8-13(22-3)16(15)24-17/h7-8,11H,4-6,9-10H2,1-3H3. The Kier molecular flexibility index (Phi) is 5.20. The van der Waals surface area contributed by atoms with Gasteiger partial charge in [0, 0.05) is 13.0 Å². The van der Waals surface area contributed by atoms with Gasteiger partial charge in [0.05, 0.1) is 26.9 Å². The van der Waals surface area contributed by atoms with Crippen LogP contribution in [-0.2, 0) is 9.53 Å². The van der Waals surface area contributed by atoms with Gasteiger partial charge in [0.15, 0.2) is 5.13 Å². The van der Waals surface area contributed by atoms with Crippen LogP contribution in [-0.4, -0.2) is 44.4 Å². The van der Waals surface area contributed by atoms with Gasteiger partial charge in [-0.05, 0) is 25.0 Å². The summed E-state index contributed by atoms with van der Waals surface area (Å²) >= 11 is 1.45. The zero-order chi connectivity index (χ0) is 17.1. The molecule has 1 amide bonds. The lowest BCUT2D eigenvalue weighted by Crippen LogP contribution is -2.37. The van der Waals surface area contributed by atoms with Crippen LogP contribution in [0.1, 0.15) is 26.2 Å². The molecule has 7 heteroatoms. The Bertz CT molecular complexity index is 684. The molecule has 1 fully saturated rings.